The van der Waals surface area contributed by atoms with Gasteiger partial charge in [0.25, 0.3) is 11.5 Å². The van der Waals surface area contributed by atoms with Crippen molar-refractivity contribution in [3.05, 3.63) is 57.5 Å². The Hall–Kier alpha value is -1.76. The van der Waals surface area contributed by atoms with Crippen molar-refractivity contribution in [3.8, 4) is 5.69 Å². The van der Waals surface area contributed by atoms with E-state index in [1.165, 1.54) is 22.4 Å². The molecule has 3 aliphatic rings. The highest BCUT2D eigenvalue weighted by Crippen LogP contribution is 2.28. The molecular weight excluding hydrogens is 382 g/mol. The zero-order valence-corrected chi connectivity index (χ0v) is 16.7. The highest BCUT2D eigenvalue weighted by atomic mass is 35.5. The van der Waals surface area contributed by atoms with E-state index in [1.807, 2.05) is 18.4 Å². The molecule has 142 valence electrons. The van der Waals surface area contributed by atoms with Crippen LogP contribution in [0.15, 0.2) is 46.2 Å². The zero-order chi connectivity index (χ0) is 19.0. The molecule has 2 aromatic rings. The van der Waals surface area contributed by atoms with E-state index in [0.717, 1.165) is 43.1 Å². The van der Waals surface area contributed by atoms with Gasteiger partial charge in [-0.1, -0.05) is 11.6 Å². The molecule has 1 aromatic carbocycles. The third-order valence-corrected chi connectivity index (χ3v) is 6.55. The number of halogens is 1. The van der Waals surface area contributed by atoms with Gasteiger partial charge in [0.05, 0.1) is 11.3 Å². The molecule has 0 saturated carbocycles. The molecule has 0 aliphatic carbocycles. The summed E-state index contributed by atoms with van der Waals surface area (Å²) in [5, 5.41) is 3.80. The van der Waals surface area contributed by atoms with E-state index in [4.69, 9.17) is 11.6 Å². The summed E-state index contributed by atoms with van der Waals surface area (Å²) < 4.78 is 1.52. The predicted molar refractivity (Wildman–Crippen MR) is 109 cm³/mol. The molecular formula is C20H22ClN3O2S. The lowest BCUT2D eigenvalue weighted by Gasteiger charge is -2.44. The van der Waals surface area contributed by atoms with Crippen molar-refractivity contribution in [1.82, 2.24) is 14.8 Å². The number of rotatable bonds is 4. The van der Waals surface area contributed by atoms with Crippen molar-refractivity contribution in [3.63, 3.8) is 0 Å². The Morgan fingerprint density at radius 2 is 2.00 bits per heavy atom. The van der Waals surface area contributed by atoms with Crippen LogP contribution in [-0.4, -0.2) is 47.3 Å². The molecule has 4 heterocycles. The van der Waals surface area contributed by atoms with Crippen molar-refractivity contribution in [2.45, 2.75) is 23.8 Å². The highest BCUT2D eigenvalue weighted by Gasteiger charge is 2.35. The van der Waals surface area contributed by atoms with E-state index >= 15 is 0 Å². The number of hydrogen-bond acceptors (Lipinski definition) is 4. The average Bonchev–Trinajstić information content (AvgIpc) is 2.69. The van der Waals surface area contributed by atoms with Gasteiger partial charge in [0.1, 0.15) is 0 Å². The van der Waals surface area contributed by atoms with E-state index in [1.54, 1.807) is 18.3 Å². The largest absolute Gasteiger partial charge is 0.348 e. The molecule has 3 aliphatic heterocycles. The number of amides is 1. The average molecular weight is 404 g/mol. The van der Waals surface area contributed by atoms with Crippen LogP contribution in [0.5, 0.6) is 0 Å². The molecule has 2 bridgehead atoms. The first-order valence-corrected chi connectivity index (χ1v) is 10.8. The van der Waals surface area contributed by atoms with Crippen LogP contribution in [0.25, 0.3) is 5.69 Å². The number of piperidine rings is 3. The van der Waals surface area contributed by atoms with E-state index in [-0.39, 0.29) is 17.5 Å². The third kappa shape index (κ3) is 3.79. The molecule has 0 radical (unpaired) electrons. The number of fused-ring (bicyclic) bond motifs is 3. The van der Waals surface area contributed by atoms with Crippen LogP contribution >= 0.6 is 23.4 Å². The molecule has 1 N–H and O–H groups in total. The van der Waals surface area contributed by atoms with Gasteiger partial charge >= 0.3 is 0 Å². The Morgan fingerprint density at radius 1 is 1.22 bits per heavy atom. The fourth-order valence-corrected chi connectivity index (χ4v) is 4.90. The molecule has 0 spiro atoms. The minimum atomic E-state index is -0.174. The zero-order valence-electron chi connectivity index (χ0n) is 15.2. The minimum Gasteiger partial charge on any atom is -0.348 e. The normalized spacial score (nSPS) is 24.0. The minimum absolute atomic E-state index is 0.123. The second kappa shape index (κ2) is 7.70. The van der Waals surface area contributed by atoms with Crippen molar-refractivity contribution < 1.29 is 4.79 Å². The second-order valence-corrected chi connectivity index (χ2v) is 8.44. The Morgan fingerprint density at radius 3 is 2.67 bits per heavy atom. The van der Waals surface area contributed by atoms with Crippen molar-refractivity contribution in [2.75, 3.05) is 25.9 Å². The van der Waals surface area contributed by atoms with Gasteiger partial charge in [0.2, 0.25) is 0 Å². The van der Waals surface area contributed by atoms with Crippen molar-refractivity contribution in [2.24, 2.45) is 5.92 Å². The maximum absolute atomic E-state index is 12.8. The number of thioether (sulfide) groups is 1. The third-order valence-electron chi connectivity index (χ3n) is 5.55. The van der Waals surface area contributed by atoms with Crippen LogP contribution in [0.2, 0.25) is 5.02 Å². The first kappa shape index (κ1) is 18.6. The lowest BCUT2D eigenvalue weighted by molar-refractivity contribution is 0.0620. The number of aromatic nitrogens is 1. The van der Waals surface area contributed by atoms with Gasteiger partial charge in [-0.2, -0.15) is 0 Å². The van der Waals surface area contributed by atoms with E-state index in [9.17, 15) is 9.59 Å². The maximum Gasteiger partial charge on any atom is 0.255 e. The molecule has 3 fully saturated rings. The number of carbonyl (C=O) groups is 1. The molecule has 1 unspecified atom stereocenters. The van der Waals surface area contributed by atoms with Gasteiger partial charge in [0, 0.05) is 34.8 Å². The molecule has 1 aromatic heterocycles. The fraction of sp³-hybridized carbons (Fsp3) is 0.400. The van der Waals surface area contributed by atoms with Gasteiger partial charge in [-0.05, 0) is 62.4 Å². The van der Waals surface area contributed by atoms with E-state index in [0.29, 0.717) is 16.5 Å². The van der Waals surface area contributed by atoms with E-state index < -0.39 is 0 Å². The number of nitrogens with one attached hydrogen (secondary N) is 1. The Kier molecular flexibility index (Phi) is 5.30. The Bertz CT molecular complexity index is 922. The summed E-state index contributed by atoms with van der Waals surface area (Å²) in [6.07, 6.45) is 5.85. The van der Waals surface area contributed by atoms with Gasteiger partial charge in [0.15, 0.2) is 0 Å². The quantitative estimate of drug-likeness (QED) is 0.797. The summed E-state index contributed by atoms with van der Waals surface area (Å²) in [6, 6.07) is 8.63. The van der Waals surface area contributed by atoms with Gasteiger partial charge < -0.3 is 10.2 Å². The summed E-state index contributed by atoms with van der Waals surface area (Å²) in [5.74, 6) is 0.436. The topological polar surface area (TPSA) is 54.3 Å². The lowest BCUT2D eigenvalue weighted by atomic mass is 9.84. The monoisotopic (exact) mass is 403 g/mol. The van der Waals surface area contributed by atoms with Crippen LogP contribution < -0.4 is 10.9 Å². The second-order valence-electron chi connectivity index (χ2n) is 7.16. The fourth-order valence-electron chi connectivity index (χ4n) is 4.04. The first-order chi connectivity index (χ1) is 13.0. The maximum atomic E-state index is 12.8. The lowest BCUT2D eigenvalue weighted by Crippen LogP contribution is -2.57. The number of benzene rings is 1. The molecule has 3 saturated heterocycles. The number of hydrogen-bond donors (Lipinski definition) is 1. The highest BCUT2D eigenvalue weighted by molar-refractivity contribution is 7.98. The Labute approximate surface area is 167 Å². The summed E-state index contributed by atoms with van der Waals surface area (Å²) in [7, 11) is 0. The predicted octanol–water partition coefficient (Wildman–Crippen LogP) is 3.04. The first-order valence-electron chi connectivity index (χ1n) is 9.15. The molecule has 1 amide bonds. The summed E-state index contributed by atoms with van der Waals surface area (Å²) in [4.78, 5) is 28.5. The van der Waals surface area contributed by atoms with Gasteiger partial charge in [-0.25, -0.2) is 0 Å². The van der Waals surface area contributed by atoms with Crippen LogP contribution in [0.3, 0.4) is 0 Å². The number of nitrogens with zero attached hydrogens (tertiary/aromatic N) is 2. The van der Waals surface area contributed by atoms with Crippen LogP contribution in [0.4, 0.5) is 0 Å². The molecule has 27 heavy (non-hydrogen) atoms. The van der Waals surface area contributed by atoms with Crippen LogP contribution in [0, 0.1) is 5.92 Å². The molecule has 1 atom stereocenters. The number of carbonyl (C=O) groups excluding carboxylic acids is 1. The molecule has 7 heteroatoms. The van der Waals surface area contributed by atoms with Crippen LogP contribution in [0.1, 0.15) is 23.2 Å². The SMILES string of the molecule is CSc1cc(Cl)ccc1-n1cc(C(=O)NC2CN3CCC2CC3)ccc1=O. The smallest absolute Gasteiger partial charge is 0.255 e. The van der Waals surface area contributed by atoms with Gasteiger partial charge in [-0.15, -0.1) is 11.8 Å². The number of pyridine rings is 1. The summed E-state index contributed by atoms with van der Waals surface area (Å²) in [5.41, 5.74) is 1.05. The standard InChI is InChI=1S/C20H22ClN3O2S/c1-27-18-10-15(21)3-4-17(18)24-11-14(2-5-19(24)25)20(26)22-16-12-23-8-6-13(16)7-9-23/h2-5,10-11,13,16H,6-9,12H2,1H3,(H,22,26). The molecule has 5 nitrogen and oxygen atoms in total. The summed E-state index contributed by atoms with van der Waals surface area (Å²) in [6.45, 7) is 3.19. The van der Waals surface area contributed by atoms with Gasteiger partial charge in [-0.3, -0.25) is 14.2 Å². The molecule has 5 rings (SSSR count). The van der Waals surface area contributed by atoms with Crippen molar-refractivity contribution >= 4 is 29.3 Å². The van der Waals surface area contributed by atoms with Crippen molar-refractivity contribution in [1.29, 1.82) is 0 Å². The summed E-state index contributed by atoms with van der Waals surface area (Å²) >= 11 is 7.59. The Balaban J connectivity index is 1.61. The van der Waals surface area contributed by atoms with E-state index in [2.05, 4.69) is 10.2 Å². The van der Waals surface area contributed by atoms with Crippen LogP contribution in [-0.2, 0) is 0 Å².